The largest absolute Gasteiger partial charge is 0.497 e. The molecule has 0 fully saturated rings. The Labute approximate surface area is 194 Å². The molecule has 4 aromatic rings. The Morgan fingerprint density at radius 3 is 1.97 bits per heavy atom. The molecular weight excluding hydrogens is 372 g/mol. The van der Waals surface area contributed by atoms with Gasteiger partial charge in [-0.05, 0) is 69.8 Å². The zero-order chi connectivity index (χ0) is 31.7. The molecule has 0 aliphatic carbocycles. The van der Waals surface area contributed by atoms with Crippen LogP contribution in [0.25, 0.3) is 21.5 Å². The van der Waals surface area contributed by atoms with E-state index in [1.165, 1.54) is 36.4 Å². The van der Waals surface area contributed by atoms with Crippen LogP contribution in [0.3, 0.4) is 0 Å². The minimum Gasteiger partial charge on any atom is -0.497 e. The van der Waals surface area contributed by atoms with Crippen molar-refractivity contribution in [3.63, 3.8) is 0 Å². The van der Waals surface area contributed by atoms with Gasteiger partial charge in [0, 0.05) is 8.22 Å². The first-order chi connectivity index (χ1) is 19.1. The number of nitriles is 1. The summed E-state index contributed by atoms with van der Waals surface area (Å²) in [5.74, 6) is 0.159. The van der Waals surface area contributed by atoms with Gasteiger partial charge >= 0.3 is 0 Å². The van der Waals surface area contributed by atoms with E-state index in [9.17, 15) is 0 Å². The van der Waals surface area contributed by atoms with Crippen LogP contribution < -0.4 is 15.2 Å². The molecule has 4 aromatic carbocycles. The summed E-state index contributed by atoms with van der Waals surface area (Å²) >= 11 is 0. The Bertz CT molecular complexity index is 1620. The summed E-state index contributed by atoms with van der Waals surface area (Å²) in [5.41, 5.74) is 5.54. The predicted octanol–water partition coefficient (Wildman–Crippen LogP) is 5.26. The molecule has 0 aliphatic rings. The molecule has 0 aromatic heterocycles. The quantitative estimate of drug-likeness (QED) is 0.487. The molecule has 2 N–H and O–H groups in total. The van der Waals surface area contributed by atoms with Crippen molar-refractivity contribution >= 4 is 21.5 Å². The number of ether oxygens (including phenoxy) is 2. The Balaban J connectivity index is 0.000000231. The van der Waals surface area contributed by atoms with Crippen LogP contribution in [0.2, 0.25) is 0 Å². The van der Waals surface area contributed by atoms with Crippen molar-refractivity contribution in [2.75, 3.05) is 20.6 Å². The zero-order valence-corrected chi connectivity index (χ0v) is 15.8. The van der Waals surface area contributed by atoms with E-state index >= 15 is 0 Å². The normalized spacial score (nSPS) is 18.4. The maximum atomic E-state index is 8.92. The number of rotatable bonds is 5. The second kappa shape index (κ2) is 10.3. The Kier molecular flexibility index (Phi) is 3.59. The molecule has 30 heavy (non-hydrogen) atoms. The first kappa shape index (κ1) is 10.5. The molecule has 0 amide bonds. The predicted molar refractivity (Wildman–Crippen MR) is 123 cm³/mol. The average molecular weight is 411 g/mol. The van der Waals surface area contributed by atoms with Gasteiger partial charge in [-0.1, -0.05) is 48.5 Å². The second-order valence-electron chi connectivity index (χ2n) is 6.09. The van der Waals surface area contributed by atoms with Crippen molar-refractivity contribution in [1.29, 1.82) is 5.26 Å². The molecule has 4 nitrogen and oxygen atoms in total. The monoisotopic (exact) mass is 410 g/mol. The van der Waals surface area contributed by atoms with E-state index in [-0.39, 0.29) is 22.6 Å². The van der Waals surface area contributed by atoms with Crippen LogP contribution in [0, 0.1) is 11.3 Å². The molecular formula is C26H26N2O2. The van der Waals surface area contributed by atoms with Crippen molar-refractivity contribution in [2.45, 2.75) is 12.7 Å². The van der Waals surface area contributed by atoms with Gasteiger partial charge in [0.15, 0.2) is 0 Å². The molecule has 4 heteroatoms. The number of nitrogens with zero attached hydrogens (tertiary/aromatic N) is 1. The lowest BCUT2D eigenvalue weighted by Gasteiger charge is -2.07. The zero-order valence-electron chi connectivity index (χ0n) is 27.8. The molecule has 0 spiro atoms. The highest BCUT2D eigenvalue weighted by atomic mass is 16.5. The van der Waals surface area contributed by atoms with E-state index in [0.29, 0.717) is 21.5 Å². The van der Waals surface area contributed by atoms with Gasteiger partial charge in [-0.3, -0.25) is 0 Å². The van der Waals surface area contributed by atoms with Gasteiger partial charge in [0.05, 0.1) is 34.7 Å². The first-order valence-electron chi connectivity index (χ1n) is 14.8. The molecule has 0 bridgehead atoms. The molecule has 0 radical (unpaired) electrons. The fourth-order valence-electron chi connectivity index (χ4n) is 2.99. The smallest absolute Gasteiger partial charge is 0.119 e. The summed E-state index contributed by atoms with van der Waals surface area (Å²) in [6.07, 6.45) is -4.61. The third-order valence-electron chi connectivity index (χ3n) is 4.34. The fourth-order valence-corrected chi connectivity index (χ4v) is 2.99. The average Bonchev–Trinajstić information content (AvgIpc) is 2.85. The Morgan fingerprint density at radius 2 is 1.43 bits per heavy atom. The third-order valence-corrected chi connectivity index (χ3v) is 4.34. The van der Waals surface area contributed by atoms with Crippen molar-refractivity contribution < 1.29 is 25.9 Å². The second-order valence-corrected chi connectivity index (χ2v) is 6.09. The molecule has 152 valence electrons. The van der Waals surface area contributed by atoms with Gasteiger partial charge in [0.1, 0.15) is 11.5 Å². The van der Waals surface area contributed by atoms with Gasteiger partial charge in [0.25, 0.3) is 0 Å². The standard InChI is InChI=1S/C13H15NO.C13H11NO/c2*1-15-12-6-5-10-3-2-4-11(7-8-14)13(10)9-12/h2-6,9H,7-8,14H2,1H3;2-6,9H,7H2,1H3/i1D3,7D2,8D2;1D3,7D2. The highest BCUT2D eigenvalue weighted by molar-refractivity contribution is 5.88. The van der Waals surface area contributed by atoms with E-state index in [4.69, 9.17) is 36.9 Å². The molecule has 0 saturated carbocycles. The summed E-state index contributed by atoms with van der Waals surface area (Å²) < 4.78 is 98.5. The van der Waals surface area contributed by atoms with E-state index in [1.54, 1.807) is 42.5 Å². The van der Waals surface area contributed by atoms with Crippen LogP contribution in [0.4, 0.5) is 0 Å². The molecule has 4 rings (SSSR count). The first-order valence-corrected chi connectivity index (χ1v) is 8.79. The van der Waals surface area contributed by atoms with Crippen LogP contribution in [0.5, 0.6) is 11.5 Å². The number of nitrogens with two attached hydrogens (primary N) is 1. The van der Waals surface area contributed by atoms with E-state index < -0.39 is 33.3 Å². The van der Waals surface area contributed by atoms with Crippen LogP contribution in [0.15, 0.2) is 72.8 Å². The van der Waals surface area contributed by atoms with Crippen LogP contribution >= 0.6 is 0 Å². The third kappa shape index (κ3) is 4.89. The minimum absolute atomic E-state index is 0.0356. The lowest BCUT2D eigenvalue weighted by atomic mass is 10.0. The fraction of sp³-hybridized carbons (Fsp3) is 0.192. The maximum Gasteiger partial charge on any atom is 0.119 e. The summed E-state index contributed by atoms with van der Waals surface area (Å²) in [5, 5.41) is 11.1. The highest BCUT2D eigenvalue weighted by Gasteiger charge is 2.02. The number of hydrogen-bond donors (Lipinski definition) is 1. The van der Waals surface area contributed by atoms with Crippen LogP contribution in [-0.4, -0.2) is 20.6 Å². The summed E-state index contributed by atoms with van der Waals surface area (Å²) in [4.78, 5) is 0. The van der Waals surface area contributed by atoms with E-state index in [0.717, 1.165) is 0 Å². The maximum absolute atomic E-state index is 8.92. The van der Waals surface area contributed by atoms with Crippen LogP contribution in [0.1, 0.15) is 27.6 Å². The van der Waals surface area contributed by atoms with Gasteiger partial charge in [-0.25, -0.2) is 0 Å². The molecule has 0 aliphatic heterocycles. The van der Waals surface area contributed by atoms with E-state index in [1.807, 2.05) is 0 Å². The lowest BCUT2D eigenvalue weighted by Crippen LogP contribution is -2.03. The minimum atomic E-state index is -2.62. The van der Waals surface area contributed by atoms with Crippen molar-refractivity contribution in [1.82, 2.24) is 0 Å². The number of methoxy groups -OCH3 is 2. The number of aryl methyl sites for hydroxylation is 1. The van der Waals surface area contributed by atoms with Crippen molar-refractivity contribution in [3.05, 3.63) is 83.9 Å². The van der Waals surface area contributed by atoms with Gasteiger partial charge in [-0.2, -0.15) is 5.26 Å². The van der Waals surface area contributed by atoms with Gasteiger partial charge < -0.3 is 15.2 Å². The topological polar surface area (TPSA) is 68.3 Å². The van der Waals surface area contributed by atoms with Crippen molar-refractivity contribution in [2.24, 2.45) is 5.73 Å². The van der Waals surface area contributed by atoms with Crippen LogP contribution in [-0.2, 0) is 12.7 Å². The van der Waals surface area contributed by atoms with E-state index in [2.05, 4.69) is 0 Å². The van der Waals surface area contributed by atoms with Crippen molar-refractivity contribution in [3.8, 4) is 17.6 Å². The molecule has 0 saturated heterocycles. The summed E-state index contributed by atoms with van der Waals surface area (Å²) in [6, 6.07) is 20.2. The molecule has 0 atom stereocenters. The lowest BCUT2D eigenvalue weighted by molar-refractivity contribution is 0.415. The highest BCUT2D eigenvalue weighted by Crippen LogP contribution is 2.25. The van der Waals surface area contributed by atoms with Gasteiger partial charge in [0.2, 0.25) is 0 Å². The Hall–Kier alpha value is -3.55. The number of benzene rings is 4. The van der Waals surface area contributed by atoms with Gasteiger partial charge in [-0.15, -0.1) is 0 Å². The Morgan fingerprint density at radius 1 is 0.867 bits per heavy atom. The molecule has 0 heterocycles. The molecule has 0 unspecified atom stereocenters. The summed E-state index contributed by atoms with van der Waals surface area (Å²) in [7, 11) is -5.19. The SMILES string of the molecule is [2H]C([2H])([2H])Oc1ccc2cccc(C([2H])([2H])C#N)c2c1.[2H]C([2H])([2H])Oc1ccc2cccc(C([2H])([2H])C([2H])([2H])N)c2c1. The summed E-state index contributed by atoms with van der Waals surface area (Å²) in [6.45, 7) is -2.60. The number of hydrogen-bond acceptors (Lipinski definition) is 4. The number of fused-ring (bicyclic) bond motifs is 2.